The largest absolute Gasteiger partial charge is 0.471 e. The molecule has 3 fully saturated rings. The molecule has 2 aliphatic carbocycles. The summed E-state index contributed by atoms with van der Waals surface area (Å²) in [6, 6.07) is 16.2. The summed E-state index contributed by atoms with van der Waals surface area (Å²) in [5.74, 6) is -2.38. The summed E-state index contributed by atoms with van der Waals surface area (Å²) in [5, 5.41) is 10.3. The van der Waals surface area contributed by atoms with E-state index in [1.54, 1.807) is 23.9 Å². The number of sulfonamides is 1. The van der Waals surface area contributed by atoms with E-state index in [4.69, 9.17) is 19.1 Å². The van der Waals surface area contributed by atoms with Gasteiger partial charge in [-0.2, -0.15) is 5.10 Å². The zero-order chi connectivity index (χ0) is 41.8. The van der Waals surface area contributed by atoms with Crippen LogP contribution >= 0.6 is 0 Å². The minimum atomic E-state index is -3.92. The Bertz CT molecular complexity index is 2620. The number of nitrogens with zero attached hydrogens (tertiary/aromatic N) is 5. The van der Waals surface area contributed by atoms with E-state index in [0.29, 0.717) is 60.2 Å². The van der Waals surface area contributed by atoms with E-state index in [0.717, 1.165) is 23.9 Å². The first-order valence-electron chi connectivity index (χ1n) is 20.5. The maximum absolute atomic E-state index is 14.8. The molecule has 4 amide bonds. The van der Waals surface area contributed by atoms with Gasteiger partial charge in [0, 0.05) is 30.5 Å². The van der Waals surface area contributed by atoms with Gasteiger partial charge in [-0.25, -0.2) is 18.4 Å². The molecule has 4 aliphatic rings. The molecule has 1 saturated heterocycles. The van der Waals surface area contributed by atoms with Crippen molar-refractivity contribution in [3.63, 3.8) is 0 Å². The Morgan fingerprint density at radius 1 is 0.983 bits per heavy atom. The second-order valence-corrected chi connectivity index (χ2v) is 18.3. The molecule has 5 atom stereocenters. The smallest absolute Gasteiger partial charge is 0.272 e. The molecule has 0 unspecified atom stereocenters. The van der Waals surface area contributed by atoms with Gasteiger partial charge in [-0.3, -0.25) is 28.6 Å². The Morgan fingerprint density at radius 3 is 2.50 bits per heavy atom. The number of furan rings is 1. The summed E-state index contributed by atoms with van der Waals surface area (Å²) in [7, 11) is -2.20. The highest BCUT2D eigenvalue weighted by Gasteiger charge is 2.62. The molecular weight excluding hydrogens is 789 g/mol. The van der Waals surface area contributed by atoms with Gasteiger partial charge < -0.3 is 24.7 Å². The van der Waals surface area contributed by atoms with Gasteiger partial charge in [-0.1, -0.05) is 55.3 Å². The molecule has 2 saturated carbocycles. The minimum absolute atomic E-state index is 0.00959. The molecule has 2 aromatic carbocycles. The lowest BCUT2D eigenvalue weighted by Crippen LogP contribution is -2.58. The number of hydrogen-bond acceptors (Lipinski definition) is 11. The Balaban J connectivity index is 1.06. The minimum Gasteiger partial charge on any atom is -0.471 e. The summed E-state index contributed by atoms with van der Waals surface area (Å²) in [5.41, 5.74) is 1.53. The van der Waals surface area contributed by atoms with E-state index in [1.165, 1.54) is 4.90 Å². The fourth-order valence-electron chi connectivity index (χ4n) is 8.23. The lowest BCUT2D eigenvalue weighted by molar-refractivity contribution is -0.141. The first kappa shape index (κ1) is 39.4. The number of allylic oxidation sites excluding steroid dienone is 1. The molecule has 0 radical (unpaired) electrons. The van der Waals surface area contributed by atoms with Crippen LogP contribution in [-0.2, 0) is 31.5 Å². The second kappa shape index (κ2) is 15.5. The fourth-order valence-corrected chi connectivity index (χ4v) is 9.60. The van der Waals surface area contributed by atoms with Crippen LogP contribution in [0.1, 0.15) is 74.0 Å². The van der Waals surface area contributed by atoms with Crippen LogP contribution in [-0.4, -0.2) is 92.2 Å². The number of amides is 4. The Hall–Kier alpha value is -6.10. The van der Waals surface area contributed by atoms with Crippen molar-refractivity contribution in [3.8, 4) is 17.3 Å². The quantitative estimate of drug-likeness (QED) is 0.189. The summed E-state index contributed by atoms with van der Waals surface area (Å²) in [6.45, 7) is 1.75. The number of fused-ring (bicyclic) bond motifs is 4. The number of nitrogens with one attached hydrogen (secondary N) is 3. The van der Waals surface area contributed by atoms with Crippen molar-refractivity contribution in [2.24, 2.45) is 13.0 Å². The second-order valence-electron chi connectivity index (χ2n) is 16.3. The zero-order valence-corrected chi connectivity index (χ0v) is 34.1. The SMILES string of the molecule is Cc1cc(C(=O)N[C@H]2CCCCC/C=C\[C@@H]3C[C@@]3(C(=O)NS(=O)(=O)C3CC3)NC(=O)[C@@H]3C[C@@H](Oc4nc5ccccc5nc4-c4cc5ccccc5o4)CN3C2=O)nn1C. The number of para-hydroxylation sites is 3. The molecule has 312 valence electrons. The third-order valence-electron chi connectivity index (χ3n) is 12.0. The standard InChI is InChI=1S/C43H46N8O8S/c1-25-20-33(48-50(25)2)38(52)45-32-16-7-5-3-4-6-13-27-23-43(27,42(55)49-60(56,57)29-18-19-29)47-39(53)34-22-28(24-51(34)41(32)54)58-40-37(44-30-14-9-10-15-31(30)46-40)36-21-26-12-8-11-17-35(26)59-36/h6,8-15,17,20-21,27-29,32,34H,3-5,7,16,18-19,22-24H2,1-2H3,(H,45,52)(H,47,53)(H,49,55)/b13-6-/t27-,28-,32+,34+,43-/m1/s1. The summed E-state index contributed by atoms with van der Waals surface area (Å²) < 4.78 is 42.6. The topological polar surface area (TPSA) is 208 Å². The van der Waals surface area contributed by atoms with Gasteiger partial charge in [-0.15, -0.1) is 0 Å². The van der Waals surface area contributed by atoms with Gasteiger partial charge in [-0.05, 0) is 75.8 Å². The van der Waals surface area contributed by atoms with E-state index in [9.17, 15) is 27.6 Å². The van der Waals surface area contributed by atoms with Crippen molar-refractivity contribution in [2.45, 2.75) is 93.7 Å². The van der Waals surface area contributed by atoms with Crippen LogP contribution in [0.2, 0.25) is 0 Å². The lowest BCUT2D eigenvalue weighted by atomic mass is 10.0. The van der Waals surface area contributed by atoms with Crippen molar-refractivity contribution in [2.75, 3.05) is 6.54 Å². The third-order valence-corrected chi connectivity index (χ3v) is 13.8. The molecule has 2 aliphatic heterocycles. The van der Waals surface area contributed by atoms with Gasteiger partial charge in [0.05, 0.1) is 22.8 Å². The van der Waals surface area contributed by atoms with Crippen molar-refractivity contribution in [1.82, 2.24) is 40.0 Å². The molecule has 60 heavy (non-hydrogen) atoms. The van der Waals surface area contributed by atoms with E-state index in [1.807, 2.05) is 67.6 Å². The molecular formula is C43H46N8O8S. The average Bonchev–Trinajstić information content (AvgIpc) is 4.07. The van der Waals surface area contributed by atoms with Gasteiger partial charge in [0.15, 0.2) is 11.5 Å². The highest BCUT2D eigenvalue weighted by atomic mass is 32.2. The normalized spacial score (nSPS) is 25.4. The molecule has 5 heterocycles. The third kappa shape index (κ3) is 7.73. The first-order chi connectivity index (χ1) is 28.9. The summed E-state index contributed by atoms with van der Waals surface area (Å²) >= 11 is 0. The van der Waals surface area contributed by atoms with E-state index >= 15 is 0 Å². The van der Waals surface area contributed by atoms with Crippen LogP contribution < -0.4 is 20.1 Å². The van der Waals surface area contributed by atoms with Crippen LogP contribution in [0.4, 0.5) is 0 Å². The fraction of sp³-hybridized carbons (Fsp3) is 0.419. The first-order valence-corrected chi connectivity index (χ1v) is 22.0. The Kier molecular flexibility index (Phi) is 10.2. The molecule has 0 spiro atoms. The lowest BCUT2D eigenvalue weighted by Gasteiger charge is -2.29. The van der Waals surface area contributed by atoms with Crippen LogP contribution in [0, 0.1) is 12.8 Å². The van der Waals surface area contributed by atoms with Crippen LogP contribution in [0.15, 0.2) is 77.2 Å². The maximum atomic E-state index is 14.8. The molecule has 16 nitrogen and oxygen atoms in total. The number of ether oxygens (including phenoxy) is 1. The van der Waals surface area contributed by atoms with Gasteiger partial charge in [0.1, 0.15) is 35.0 Å². The highest BCUT2D eigenvalue weighted by molar-refractivity contribution is 7.91. The zero-order valence-electron chi connectivity index (χ0n) is 33.3. The van der Waals surface area contributed by atoms with Crippen molar-refractivity contribution in [3.05, 3.63) is 84.2 Å². The van der Waals surface area contributed by atoms with Crippen LogP contribution in [0.3, 0.4) is 0 Å². The average molecular weight is 835 g/mol. The molecule has 9 rings (SSSR count). The predicted molar refractivity (Wildman–Crippen MR) is 220 cm³/mol. The van der Waals surface area contributed by atoms with Crippen LogP contribution in [0.25, 0.3) is 33.5 Å². The summed E-state index contributed by atoms with van der Waals surface area (Å²) in [6.07, 6.45) is 7.24. The number of aromatic nitrogens is 4. The number of rotatable bonds is 8. The Morgan fingerprint density at radius 2 is 1.75 bits per heavy atom. The van der Waals surface area contributed by atoms with Crippen LogP contribution in [0.5, 0.6) is 5.88 Å². The molecule has 3 N–H and O–H groups in total. The van der Waals surface area contributed by atoms with Gasteiger partial charge in [0.2, 0.25) is 27.7 Å². The van der Waals surface area contributed by atoms with Crippen molar-refractivity contribution in [1.29, 1.82) is 0 Å². The molecule has 3 aromatic heterocycles. The number of carbonyl (C=O) groups excluding carboxylic acids is 4. The van der Waals surface area contributed by atoms with Crippen molar-refractivity contribution >= 4 is 55.7 Å². The maximum Gasteiger partial charge on any atom is 0.272 e. The monoisotopic (exact) mass is 834 g/mol. The summed E-state index contributed by atoms with van der Waals surface area (Å²) in [4.78, 5) is 68.0. The van der Waals surface area contributed by atoms with Crippen molar-refractivity contribution < 1.29 is 36.7 Å². The number of carbonyl (C=O) groups is 4. The Labute approximate surface area is 346 Å². The molecule has 5 aromatic rings. The number of hydrogen-bond donors (Lipinski definition) is 3. The predicted octanol–water partition coefficient (Wildman–Crippen LogP) is 4.24. The molecule has 0 bridgehead atoms. The highest BCUT2D eigenvalue weighted by Crippen LogP contribution is 2.46. The molecule has 17 heteroatoms. The van der Waals surface area contributed by atoms with E-state index in [2.05, 4.69) is 20.5 Å². The van der Waals surface area contributed by atoms with Gasteiger partial charge >= 0.3 is 0 Å². The number of aryl methyl sites for hydroxylation is 2. The van der Waals surface area contributed by atoms with E-state index in [-0.39, 0.29) is 31.0 Å². The number of benzene rings is 2. The van der Waals surface area contributed by atoms with E-state index < -0.39 is 68.5 Å². The van der Waals surface area contributed by atoms with Gasteiger partial charge in [0.25, 0.3) is 11.8 Å².